The van der Waals surface area contributed by atoms with Crippen LogP contribution >= 0.6 is 0 Å². The van der Waals surface area contributed by atoms with Crippen LogP contribution < -0.4 is 0 Å². The van der Waals surface area contributed by atoms with E-state index < -0.39 is 10.0 Å². The van der Waals surface area contributed by atoms with Crippen LogP contribution in [0.15, 0.2) is 17.2 Å². The average molecular weight is 272 g/mol. The Morgan fingerprint density at radius 3 is 2.56 bits per heavy atom. The summed E-state index contributed by atoms with van der Waals surface area (Å²) >= 11 is 0. The zero-order valence-electron chi connectivity index (χ0n) is 10.8. The zero-order valence-corrected chi connectivity index (χ0v) is 11.7. The molecular formula is C12H20N2O3S. The smallest absolute Gasteiger partial charge is 0.244 e. The van der Waals surface area contributed by atoms with E-state index in [4.69, 9.17) is 5.11 Å². The van der Waals surface area contributed by atoms with Crippen molar-refractivity contribution in [3.05, 3.63) is 18.0 Å². The molecule has 1 aromatic heterocycles. The minimum atomic E-state index is -3.43. The molecule has 18 heavy (non-hydrogen) atoms. The van der Waals surface area contributed by atoms with Gasteiger partial charge in [0.1, 0.15) is 4.90 Å². The third-order valence-corrected chi connectivity index (χ3v) is 5.64. The molecule has 0 aromatic carbocycles. The molecule has 1 aromatic rings. The number of hydrogen-bond donors (Lipinski definition) is 1. The summed E-state index contributed by atoms with van der Waals surface area (Å²) < 4.78 is 28.0. The highest BCUT2D eigenvalue weighted by molar-refractivity contribution is 7.89. The SMILES string of the molecule is CN(C1CCCC1)S(=O)(=O)c1cc(CO)n(C)c1. The molecule has 0 bridgehead atoms. The number of aromatic nitrogens is 1. The van der Waals surface area contributed by atoms with Gasteiger partial charge in [0.15, 0.2) is 0 Å². The summed E-state index contributed by atoms with van der Waals surface area (Å²) in [7, 11) is -0.0468. The minimum Gasteiger partial charge on any atom is -0.390 e. The summed E-state index contributed by atoms with van der Waals surface area (Å²) in [4.78, 5) is 0.267. The molecule has 2 rings (SSSR count). The van der Waals surface area contributed by atoms with Gasteiger partial charge in [-0.2, -0.15) is 4.31 Å². The molecule has 102 valence electrons. The van der Waals surface area contributed by atoms with Crippen LogP contribution in [0.3, 0.4) is 0 Å². The second-order valence-electron chi connectivity index (χ2n) is 4.90. The largest absolute Gasteiger partial charge is 0.390 e. The Balaban J connectivity index is 2.28. The Kier molecular flexibility index (Phi) is 3.79. The van der Waals surface area contributed by atoms with Crippen LogP contribution in [0.4, 0.5) is 0 Å². The van der Waals surface area contributed by atoms with Gasteiger partial charge in [0, 0.05) is 32.0 Å². The molecule has 0 aliphatic heterocycles. The van der Waals surface area contributed by atoms with Crippen LogP contribution in [-0.2, 0) is 23.7 Å². The second kappa shape index (κ2) is 5.03. The van der Waals surface area contributed by atoms with Crippen LogP contribution in [0.25, 0.3) is 0 Å². The van der Waals surface area contributed by atoms with Gasteiger partial charge in [-0.15, -0.1) is 0 Å². The minimum absolute atomic E-state index is 0.118. The summed E-state index contributed by atoms with van der Waals surface area (Å²) in [6.07, 6.45) is 5.64. The van der Waals surface area contributed by atoms with E-state index in [1.807, 2.05) is 0 Å². The van der Waals surface area contributed by atoms with Crippen molar-refractivity contribution < 1.29 is 13.5 Å². The summed E-state index contributed by atoms with van der Waals surface area (Å²) in [5, 5.41) is 9.12. The fourth-order valence-electron chi connectivity index (χ4n) is 2.51. The number of aliphatic hydroxyl groups is 1. The molecule has 0 unspecified atom stereocenters. The summed E-state index contributed by atoms with van der Waals surface area (Å²) in [6, 6.07) is 1.66. The van der Waals surface area contributed by atoms with Crippen molar-refractivity contribution in [1.82, 2.24) is 8.87 Å². The summed E-state index contributed by atoms with van der Waals surface area (Å²) in [6.45, 7) is -0.154. The molecule has 6 heteroatoms. The summed E-state index contributed by atoms with van der Waals surface area (Å²) in [5.41, 5.74) is 0.605. The lowest BCUT2D eigenvalue weighted by atomic mass is 10.3. The van der Waals surface area contributed by atoms with Gasteiger partial charge in [0.05, 0.1) is 6.61 Å². The highest BCUT2D eigenvalue weighted by atomic mass is 32.2. The standard InChI is InChI=1S/C12H20N2O3S/c1-13-8-12(7-11(13)9-15)18(16,17)14(2)10-5-3-4-6-10/h7-8,10,15H,3-6,9H2,1-2H3. The van der Waals surface area contributed by atoms with Gasteiger partial charge in [0.25, 0.3) is 0 Å². The Hall–Kier alpha value is -0.850. The van der Waals surface area contributed by atoms with Gasteiger partial charge < -0.3 is 9.67 Å². The van der Waals surface area contributed by atoms with Crippen molar-refractivity contribution in [2.45, 2.75) is 43.2 Å². The normalized spacial score (nSPS) is 17.8. The second-order valence-corrected chi connectivity index (χ2v) is 6.89. The Labute approximate surface area is 108 Å². The van der Waals surface area contributed by atoms with E-state index in [1.165, 1.54) is 4.31 Å². The molecule has 1 heterocycles. The van der Waals surface area contributed by atoms with Gasteiger partial charge in [-0.25, -0.2) is 8.42 Å². The lowest BCUT2D eigenvalue weighted by Crippen LogP contribution is -2.35. The molecular weight excluding hydrogens is 252 g/mol. The first-order valence-corrected chi connectivity index (χ1v) is 7.65. The molecule has 0 amide bonds. The predicted octanol–water partition coefficient (Wildman–Crippen LogP) is 1.08. The molecule has 1 aliphatic carbocycles. The first kappa shape index (κ1) is 13.6. The number of aliphatic hydroxyl groups excluding tert-OH is 1. The zero-order chi connectivity index (χ0) is 13.3. The third kappa shape index (κ3) is 2.32. The van der Waals surface area contributed by atoms with Crippen molar-refractivity contribution >= 4 is 10.0 Å². The molecule has 1 N–H and O–H groups in total. The number of sulfonamides is 1. The van der Waals surface area contributed by atoms with Gasteiger partial charge in [-0.05, 0) is 18.9 Å². The fourth-order valence-corrected chi connectivity index (χ4v) is 4.02. The van der Waals surface area contributed by atoms with Gasteiger partial charge in [-0.3, -0.25) is 0 Å². The van der Waals surface area contributed by atoms with Crippen molar-refractivity contribution in [3.8, 4) is 0 Å². The lowest BCUT2D eigenvalue weighted by Gasteiger charge is -2.22. The van der Waals surface area contributed by atoms with Crippen LogP contribution in [-0.4, -0.2) is 35.5 Å². The highest BCUT2D eigenvalue weighted by Crippen LogP contribution is 2.27. The quantitative estimate of drug-likeness (QED) is 0.892. The monoisotopic (exact) mass is 272 g/mol. The van der Waals surface area contributed by atoms with Crippen LogP contribution in [0.2, 0.25) is 0 Å². The molecule has 1 fully saturated rings. The molecule has 0 spiro atoms. The van der Waals surface area contributed by atoms with E-state index in [0.717, 1.165) is 25.7 Å². The maximum atomic E-state index is 12.4. The highest BCUT2D eigenvalue weighted by Gasteiger charge is 2.30. The average Bonchev–Trinajstić information content (AvgIpc) is 2.96. The number of rotatable bonds is 4. The van der Waals surface area contributed by atoms with Crippen LogP contribution in [0.1, 0.15) is 31.4 Å². The first-order valence-electron chi connectivity index (χ1n) is 6.21. The summed E-state index contributed by atoms with van der Waals surface area (Å²) in [5.74, 6) is 0. The van der Waals surface area contributed by atoms with Crippen molar-refractivity contribution in [2.75, 3.05) is 7.05 Å². The van der Waals surface area contributed by atoms with E-state index in [1.54, 1.807) is 30.9 Å². The van der Waals surface area contributed by atoms with Crippen LogP contribution in [0, 0.1) is 0 Å². The molecule has 1 saturated carbocycles. The Morgan fingerprint density at radius 1 is 1.44 bits per heavy atom. The predicted molar refractivity (Wildman–Crippen MR) is 68.5 cm³/mol. The molecule has 5 nitrogen and oxygen atoms in total. The van der Waals surface area contributed by atoms with E-state index in [2.05, 4.69) is 0 Å². The molecule has 1 aliphatic rings. The van der Waals surface area contributed by atoms with Gasteiger partial charge in [-0.1, -0.05) is 12.8 Å². The Morgan fingerprint density at radius 2 is 2.06 bits per heavy atom. The fraction of sp³-hybridized carbons (Fsp3) is 0.667. The van der Waals surface area contributed by atoms with E-state index in [9.17, 15) is 8.42 Å². The van der Waals surface area contributed by atoms with Gasteiger partial charge in [0.2, 0.25) is 10.0 Å². The van der Waals surface area contributed by atoms with Crippen molar-refractivity contribution in [1.29, 1.82) is 0 Å². The molecule has 0 atom stereocenters. The maximum absolute atomic E-state index is 12.4. The first-order chi connectivity index (χ1) is 8.46. The van der Waals surface area contributed by atoms with Gasteiger partial charge >= 0.3 is 0 Å². The Bertz CT molecular complexity index is 515. The number of nitrogens with zero attached hydrogens (tertiary/aromatic N) is 2. The maximum Gasteiger partial charge on any atom is 0.244 e. The van der Waals surface area contributed by atoms with E-state index in [-0.39, 0.29) is 17.5 Å². The lowest BCUT2D eigenvalue weighted by molar-refractivity contribution is 0.272. The van der Waals surface area contributed by atoms with Crippen molar-refractivity contribution in [2.24, 2.45) is 7.05 Å². The number of hydrogen-bond acceptors (Lipinski definition) is 3. The van der Waals surface area contributed by atoms with Crippen molar-refractivity contribution in [3.63, 3.8) is 0 Å². The topological polar surface area (TPSA) is 62.5 Å². The van der Waals surface area contributed by atoms with Crippen LogP contribution in [0.5, 0.6) is 0 Å². The van der Waals surface area contributed by atoms with E-state index in [0.29, 0.717) is 5.69 Å². The third-order valence-electron chi connectivity index (χ3n) is 3.76. The molecule has 0 radical (unpaired) electrons. The van der Waals surface area contributed by atoms with E-state index >= 15 is 0 Å². The number of aryl methyl sites for hydroxylation is 1. The molecule has 0 saturated heterocycles.